The molecule has 0 aromatic heterocycles. The summed E-state index contributed by atoms with van der Waals surface area (Å²) in [6, 6.07) is 4.17. The van der Waals surface area contributed by atoms with Crippen LogP contribution < -0.4 is 4.74 Å². The first kappa shape index (κ1) is 19.3. The quantitative estimate of drug-likeness (QED) is 0.405. The number of unbranched alkanes of at least 4 members (excludes halogenated alkanes) is 6. The van der Waals surface area contributed by atoms with Crippen LogP contribution in [-0.4, -0.2) is 10.7 Å². The SMILES string of the molecule is CCCCCCCCCc1cc(O)c2c(c1)OC(C)(C)C1CC(C)=CC21. The monoisotopic (exact) mass is 356 g/mol. The Labute approximate surface area is 159 Å². The van der Waals surface area contributed by atoms with E-state index in [0.29, 0.717) is 17.6 Å². The molecule has 2 nitrogen and oxygen atoms in total. The van der Waals surface area contributed by atoms with Gasteiger partial charge in [0.2, 0.25) is 0 Å². The zero-order chi connectivity index (χ0) is 18.7. The van der Waals surface area contributed by atoms with Crippen molar-refractivity contribution in [2.24, 2.45) is 5.92 Å². The molecule has 0 saturated carbocycles. The summed E-state index contributed by atoms with van der Waals surface area (Å²) in [5.74, 6) is 2.05. The van der Waals surface area contributed by atoms with E-state index >= 15 is 0 Å². The van der Waals surface area contributed by atoms with Crippen molar-refractivity contribution in [3.63, 3.8) is 0 Å². The molecule has 0 spiro atoms. The lowest BCUT2D eigenvalue weighted by molar-refractivity contribution is 0.0224. The van der Waals surface area contributed by atoms with Gasteiger partial charge in [-0.3, -0.25) is 0 Å². The molecular weight excluding hydrogens is 320 g/mol. The van der Waals surface area contributed by atoms with Gasteiger partial charge in [-0.15, -0.1) is 0 Å². The van der Waals surface area contributed by atoms with Crippen LogP contribution in [0.25, 0.3) is 0 Å². The van der Waals surface area contributed by atoms with Crippen molar-refractivity contribution in [3.05, 3.63) is 34.9 Å². The van der Waals surface area contributed by atoms with Crippen molar-refractivity contribution in [2.45, 2.75) is 97.0 Å². The van der Waals surface area contributed by atoms with Crippen LogP contribution in [0.1, 0.15) is 96.1 Å². The molecule has 1 aliphatic heterocycles. The maximum absolute atomic E-state index is 10.7. The second-order valence-electron chi connectivity index (χ2n) is 8.95. The molecule has 0 radical (unpaired) electrons. The Morgan fingerprint density at radius 3 is 2.50 bits per heavy atom. The predicted octanol–water partition coefficient (Wildman–Crippen LogP) is 6.91. The normalized spacial score (nSPS) is 23.2. The fourth-order valence-corrected chi connectivity index (χ4v) is 4.80. The molecule has 1 heterocycles. The standard InChI is InChI=1S/C24H36O2/c1-5-6-7-8-9-10-11-12-18-15-21(25)23-19-13-17(2)14-20(19)24(3,4)26-22(23)16-18/h13,15-16,19-20,25H,5-12,14H2,1-4H3. The molecule has 3 rings (SSSR count). The first-order valence-corrected chi connectivity index (χ1v) is 10.6. The maximum atomic E-state index is 10.7. The summed E-state index contributed by atoms with van der Waals surface area (Å²) in [5, 5.41) is 10.7. The van der Waals surface area contributed by atoms with Crippen molar-refractivity contribution >= 4 is 0 Å². The molecule has 1 aliphatic carbocycles. The van der Waals surface area contributed by atoms with Gasteiger partial charge in [0.25, 0.3) is 0 Å². The van der Waals surface area contributed by atoms with E-state index in [1.165, 1.54) is 56.1 Å². The fourth-order valence-electron chi connectivity index (χ4n) is 4.80. The fraction of sp³-hybridized carbons (Fsp3) is 0.667. The van der Waals surface area contributed by atoms with E-state index < -0.39 is 0 Å². The Kier molecular flexibility index (Phi) is 5.99. The van der Waals surface area contributed by atoms with Crippen LogP contribution in [0.15, 0.2) is 23.8 Å². The Bertz CT molecular complexity index is 656. The smallest absolute Gasteiger partial charge is 0.127 e. The number of aromatic hydroxyl groups is 1. The van der Waals surface area contributed by atoms with E-state index in [2.05, 4.69) is 39.8 Å². The van der Waals surface area contributed by atoms with Gasteiger partial charge in [0, 0.05) is 17.4 Å². The number of allylic oxidation sites excluding steroid dienone is 2. The summed E-state index contributed by atoms with van der Waals surface area (Å²) < 4.78 is 6.38. The van der Waals surface area contributed by atoms with E-state index in [0.717, 1.165) is 24.2 Å². The summed E-state index contributed by atoms with van der Waals surface area (Å²) in [5.41, 5.74) is 3.45. The lowest BCUT2D eigenvalue weighted by atomic mass is 9.75. The van der Waals surface area contributed by atoms with Crippen molar-refractivity contribution in [2.75, 3.05) is 0 Å². The molecule has 1 aromatic rings. The van der Waals surface area contributed by atoms with Crippen molar-refractivity contribution in [3.8, 4) is 11.5 Å². The molecule has 0 bridgehead atoms. The highest BCUT2D eigenvalue weighted by Crippen LogP contribution is 2.54. The van der Waals surface area contributed by atoms with Gasteiger partial charge in [-0.1, -0.05) is 57.1 Å². The number of rotatable bonds is 8. The third-order valence-electron chi connectivity index (χ3n) is 6.29. The van der Waals surface area contributed by atoms with Gasteiger partial charge in [0.1, 0.15) is 17.1 Å². The van der Waals surface area contributed by atoms with Gasteiger partial charge in [0.05, 0.1) is 0 Å². The van der Waals surface area contributed by atoms with Crippen LogP contribution >= 0.6 is 0 Å². The zero-order valence-corrected chi connectivity index (χ0v) is 17.1. The average Bonchev–Trinajstić information content (AvgIpc) is 2.96. The second-order valence-corrected chi connectivity index (χ2v) is 8.95. The molecule has 1 aromatic carbocycles. The minimum Gasteiger partial charge on any atom is -0.507 e. The zero-order valence-electron chi connectivity index (χ0n) is 17.1. The lowest BCUT2D eigenvalue weighted by Crippen LogP contribution is -2.42. The van der Waals surface area contributed by atoms with Crippen LogP contribution in [0.2, 0.25) is 0 Å². The van der Waals surface area contributed by atoms with E-state index in [1.54, 1.807) is 0 Å². The van der Waals surface area contributed by atoms with Gasteiger partial charge in [0.15, 0.2) is 0 Å². The highest BCUT2D eigenvalue weighted by atomic mass is 16.5. The van der Waals surface area contributed by atoms with E-state index in [4.69, 9.17) is 4.74 Å². The van der Waals surface area contributed by atoms with E-state index in [1.807, 2.05) is 6.07 Å². The largest absolute Gasteiger partial charge is 0.507 e. The number of hydrogen-bond donors (Lipinski definition) is 1. The second kappa shape index (κ2) is 8.06. The predicted molar refractivity (Wildman–Crippen MR) is 109 cm³/mol. The van der Waals surface area contributed by atoms with Crippen molar-refractivity contribution < 1.29 is 9.84 Å². The number of fused-ring (bicyclic) bond motifs is 3. The molecule has 0 fully saturated rings. The van der Waals surface area contributed by atoms with Crippen LogP contribution in [-0.2, 0) is 6.42 Å². The molecule has 26 heavy (non-hydrogen) atoms. The topological polar surface area (TPSA) is 29.5 Å². The Morgan fingerprint density at radius 1 is 1.08 bits per heavy atom. The number of benzene rings is 1. The number of phenolic OH excluding ortho intramolecular Hbond substituents is 1. The van der Waals surface area contributed by atoms with Gasteiger partial charge < -0.3 is 9.84 Å². The average molecular weight is 357 g/mol. The van der Waals surface area contributed by atoms with Crippen LogP contribution in [0.5, 0.6) is 11.5 Å². The first-order valence-electron chi connectivity index (χ1n) is 10.6. The molecule has 1 N–H and O–H groups in total. The van der Waals surface area contributed by atoms with Gasteiger partial charge >= 0.3 is 0 Å². The minimum absolute atomic E-state index is 0.184. The van der Waals surface area contributed by atoms with E-state index in [9.17, 15) is 5.11 Å². The van der Waals surface area contributed by atoms with Crippen molar-refractivity contribution in [1.82, 2.24) is 0 Å². The first-order chi connectivity index (χ1) is 12.4. The Balaban J connectivity index is 1.66. The molecule has 0 amide bonds. The number of ether oxygens (including phenoxy) is 1. The number of aryl methyl sites for hydroxylation is 1. The summed E-state index contributed by atoms with van der Waals surface area (Å²) >= 11 is 0. The lowest BCUT2D eigenvalue weighted by Gasteiger charge is -2.42. The van der Waals surface area contributed by atoms with Gasteiger partial charge in [-0.2, -0.15) is 0 Å². The van der Waals surface area contributed by atoms with Crippen LogP contribution in [0, 0.1) is 5.92 Å². The number of phenols is 1. The Hall–Kier alpha value is -1.44. The highest BCUT2D eigenvalue weighted by molar-refractivity contribution is 5.54. The molecular formula is C24H36O2. The summed E-state index contributed by atoms with van der Waals surface area (Å²) in [7, 11) is 0. The molecule has 2 heteroatoms. The van der Waals surface area contributed by atoms with E-state index in [-0.39, 0.29) is 5.60 Å². The van der Waals surface area contributed by atoms with Gasteiger partial charge in [-0.25, -0.2) is 0 Å². The summed E-state index contributed by atoms with van der Waals surface area (Å²) in [4.78, 5) is 0. The molecule has 2 atom stereocenters. The molecule has 2 unspecified atom stereocenters. The summed E-state index contributed by atoms with van der Waals surface area (Å²) in [6.07, 6.45) is 13.6. The highest BCUT2D eigenvalue weighted by Gasteiger charge is 2.46. The molecule has 2 aliphatic rings. The third-order valence-corrected chi connectivity index (χ3v) is 6.29. The summed E-state index contributed by atoms with van der Waals surface area (Å²) in [6.45, 7) is 8.84. The van der Waals surface area contributed by atoms with Crippen LogP contribution in [0.3, 0.4) is 0 Å². The molecule has 144 valence electrons. The van der Waals surface area contributed by atoms with Gasteiger partial charge in [-0.05, 0) is 57.7 Å². The maximum Gasteiger partial charge on any atom is 0.127 e. The molecule has 0 saturated heterocycles. The Morgan fingerprint density at radius 2 is 1.77 bits per heavy atom. The third kappa shape index (κ3) is 4.10. The minimum atomic E-state index is -0.184. The van der Waals surface area contributed by atoms with Crippen LogP contribution in [0.4, 0.5) is 0 Å². The van der Waals surface area contributed by atoms with Crippen molar-refractivity contribution in [1.29, 1.82) is 0 Å². The number of hydrogen-bond acceptors (Lipinski definition) is 2.